The number of nitrogens with one attached hydrogen (secondary N) is 1. The summed E-state index contributed by atoms with van der Waals surface area (Å²) in [6.45, 7) is 4.23. The Balaban J connectivity index is 2.02. The van der Waals surface area contributed by atoms with Crippen LogP contribution >= 0.6 is 0 Å². The van der Waals surface area contributed by atoms with Crippen molar-refractivity contribution in [3.05, 3.63) is 18.2 Å². The second kappa shape index (κ2) is 6.60. The van der Waals surface area contributed by atoms with E-state index in [0.29, 0.717) is 0 Å². The van der Waals surface area contributed by atoms with Gasteiger partial charge in [0, 0.05) is 19.4 Å². The Labute approximate surface area is 86.5 Å². The zero-order valence-corrected chi connectivity index (χ0v) is 9.29. The van der Waals surface area contributed by atoms with E-state index in [1.54, 1.807) is 0 Å². The lowest BCUT2D eigenvalue weighted by Crippen LogP contribution is -2.17. The third-order valence-electron chi connectivity index (χ3n) is 2.41. The van der Waals surface area contributed by atoms with E-state index in [2.05, 4.69) is 21.8 Å². The highest BCUT2D eigenvalue weighted by molar-refractivity contribution is 4.90. The van der Waals surface area contributed by atoms with Crippen molar-refractivity contribution in [2.24, 2.45) is 7.05 Å². The molecule has 14 heavy (non-hydrogen) atoms. The number of nitrogens with zero attached hydrogens (tertiary/aromatic N) is 2. The first kappa shape index (κ1) is 11.2. The number of unbranched alkanes of at least 4 members (excludes halogenated alkanes) is 3. The zero-order valence-electron chi connectivity index (χ0n) is 9.29. The van der Waals surface area contributed by atoms with Gasteiger partial charge in [0.1, 0.15) is 5.82 Å². The third kappa shape index (κ3) is 3.92. The maximum atomic E-state index is 4.25. The van der Waals surface area contributed by atoms with Gasteiger partial charge in [0.25, 0.3) is 0 Å². The van der Waals surface area contributed by atoms with Crippen molar-refractivity contribution >= 4 is 0 Å². The van der Waals surface area contributed by atoms with E-state index in [0.717, 1.165) is 18.9 Å². The summed E-state index contributed by atoms with van der Waals surface area (Å²) in [7, 11) is 2.03. The maximum Gasteiger partial charge on any atom is 0.122 e. The number of hydrogen-bond donors (Lipinski definition) is 1. The molecule has 0 atom stereocenters. The summed E-state index contributed by atoms with van der Waals surface area (Å²) in [6, 6.07) is 0. The molecule has 0 aromatic carbocycles. The van der Waals surface area contributed by atoms with Crippen LogP contribution in [-0.2, 0) is 13.6 Å². The number of hydrogen-bond acceptors (Lipinski definition) is 2. The van der Waals surface area contributed by atoms with Crippen molar-refractivity contribution in [3.63, 3.8) is 0 Å². The van der Waals surface area contributed by atoms with Crippen LogP contribution in [0.4, 0.5) is 0 Å². The van der Waals surface area contributed by atoms with Gasteiger partial charge in [-0.2, -0.15) is 0 Å². The van der Waals surface area contributed by atoms with Crippen molar-refractivity contribution in [1.82, 2.24) is 14.9 Å². The SMILES string of the molecule is CCCCCCNCc1nccn1C. The lowest BCUT2D eigenvalue weighted by Gasteiger charge is -2.04. The molecule has 0 aliphatic heterocycles. The molecule has 0 spiro atoms. The Morgan fingerprint density at radius 2 is 2.21 bits per heavy atom. The Morgan fingerprint density at radius 1 is 1.36 bits per heavy atom. The minimum atomic E-state index is 0.885. The van der Waals surface area contributed by atoms with Crippen LogP contribution in [0.5, 0.6) is 0 Å². The zero-order chi connectivity index (χ0) is 10.2. The molecular weight excluding hydrogens is 174 g/mol. The summed E-state index contributed by atoms with van der Waals surface area (Å²) in [5.41, 5.74) is 0. The standard InChI is InChI=1S/C11H21N3/c1-3-4-5-6-7-12-10-11-13-8-9-14(11)2/h8-9,12H,3-7,10H2,1-2H3. The Hall–Kier alpha value is -0.830. The molecule has 1 aromatic rings. The summed E-state index contributed by atoms with van der Waals surface area (Å²) < 4.78 is 2.05. The molecular formula is C11H21N3. The largest absolute Gasteiger partial charge is 0.337 e. The molecule has 3 nitrogen and oxygen atoms in total. The van der Waals surface area contributed by atoms with Gasteiger partial charge in [-0.05, 0) is 13.0 Å². The average molecular weight is 195 g/mol. The van der Waals surface area contributed by atoms with E-state index in [-0.39, 0.29) is 0 Å². The smallest absolute Gasteiger partial charge is 0.122 e. The highest BCUT2D eigenvalue weighted by Crippen LogP contribution is 1.98. The monoisotopic (exact) mass is 195 g/mol. The molecule has 0 amide bonds. The molecule has 0 unspecified atom stereocenters. The fourth-order valence-corrected chi connectivity index (χ4v) is 1.44. The summed E-state index contributed by atoms with van der Waals surface area (Å²) in [6.07, 6.45) is 9.09. The van der Waals surface area contributed by atoms with Crippen LogP contribution in [0.15, 0.2) is 12.4 Å². The minimum Gasteiger partial charge on any atom is -0.337 e. The van der Waals surface area contributed by atoms with Crippen LogP contribution in [0, 0.1) is 0 Å². The van der Waals surface area contributed by atoms with Gasteiger partial charge in [0.05, 0.1) is 6.54 Å². The van der Waals surface area contributed by atoms with E-state index in [1.165, 1.54) is 25.7 Å². The predicted molar refractivity (Wildman–Crippen MR) is 59.1 cm³/mol. The summed E-state index contributed by atoms with van der Waals surface area (Å²) in [5.74, 6) is 1.11. The van der Waals surface area contributed by atoms with Gasteiger partial charge < -0.3 is 9.88 Å². The highest BCUT2D eigenvalue weighted by atomic mass is 15.1. The lowest BCUT2D eigenvalue weighted by molar-refractivity contribution is 0.579. The molecule has 1 heterocycles. The normalized spacial score (nSPS) is 10.7. The fraction of sp³-hybridized carbons (Fsp3) is 0.727. The van der Waals surface area contributed by atoms with E-state index in [1.807, 2.05) is 19.4 Å². The van der Waals surface area contributed by atoms with Gasteiger partial charge in [-0.1, -0.05) is 26.2 Å². The highest BCUT2D eigenvalue weighted by Gasteiger charge is 1.96. The van der Waals surface area contributed by atoms with Gasteiger partial charge in [0.2, 0.25) is 0 Å². The van der Waals surface area contributed by atoms with Crippen molar-refractivity contribution < 1.29 is 0 Å². The number of aryl methyl sites for hydroxylation is 1. The van der Waals surface area contributed by atoms with Crippen molar-refractivity contribution in [1.29, 1.82) is 0 Å². The Kier molecular flexibility index (Phi) is 5.30. The van der Waals surface area contributed by atoms with Crippen LogP contribution in [0.1, 0.15) is 38.4 Å². The first-order valence-electron chi connectivity index (χ1n) is 5.51. The molecule has 0 aliphatic rings. The number of imidazole rings is 1. The third-order valence-corrected chi connectivity index (χ3v) is 2.41. The van der Waals surface area contributed by atoms with E-state index in [4.69, 9.17) is 0 Å². The predicted octanol–water partition coefficient (Wildman–Crippen LogP) is 2.09. The molecule has 1 rings (SSSR count). The summed E-state index contributed by atoms with van der Waals surface area (Å²) in [5, 5.41) is 3.40. The van der Waals surface area contributed by atoms with Crippen molar-refractivity contribution in [2.45, 2.75) is 39.2 Å². The van der Waals surface area contributed by atoms with E-state index < -0.39 is 0 Å². The van der Waals surface area contributed by atoms with Crippen LogP contribution < -0.4 is 5.32 Å². The molecule has 3 heteroatoms. The topological polar surface area (TPSA) is 29.9 Å². The summed E-state index contributed by atoms with van der Waals surface area (Å²) >= 11 is 0. The number of aromatic nitrogens is 2. The van der Waals surface area contributed by atoms with Gasteiger partial charge in [0.15, 0.2) is 0 Å². The van der Waals surface area contributed by atoms with Crippen LogP contribution in [0.2, 0.25) is 0 Å². The molecule has 0 aliphatic carbocycles. The Bertz CT molecular complexity index is 242. The van der Waals surface area contributed by atoms with Gasteiger partial charge >= 0.3 is 0 Å². The van der Waals surface area contributed by atoms with Crippen LogP contribution in [0.3, 0.4) is 0 Å². The van der Waals surface area contributed by atoms with Crippen LogP contribution in [-0.4, -0.2) is 16.1 Å². The first-order valence-corrected chi connectivity index (χ1v) is 5.51. The molecule has 1 aromatic heterocycles. The fourth-order valence-electron chi connectivity index (χ4n) is 1.44. The molecule has 1 N–H and O–H groups in total. The number of rotatable bonds is 7. The molecule has 0 bridgehead atoms. The van der Waals surface area contributed by atoms with Gasteiger partial charge in [-0.25, -0.2) is 4.98 Å². The molecule has 0 saturated carbocycles. The quantitative estimate of drug-likeness (QED) is 0.675. The summed E-state index contributed by atoms with van der Waals surface area (Å²) in [4.78, 5) is 4.25. The minimum absolute atomic E-state index is 0.885. The van der Waals surface area contributed by atoms with Gasteiger partial charge in [-0.15, -0.1) is 0 Å². The molecule has 0 saturated heterocycles. The first-order chi connectivity index (χ1) is 6.84. The Morgan fingerprint density at radius 3 is 2.86 bits per heavy atom. The van der Waals surface area contributed by atoms with E-state index >= 15 is 0 Å². The van der Waals surface area contributed by atoms with Crippen LogP contribution in [0.25, 0.3) is 0 Å². The van der Waals surface area contributed by atoms with Crippen molar-refractivity contribution in [2.75, 3.05) is 6.54 Å². The lowest BCUT2D eigenvalue weighted by atomic mass is 10.2. The molecule has 0 fully saturated rings. The average Bonchev–Trinajstić information content (AvgIpc) is 2.58. The maximum absolute atomic E-state index is 4.25. The molecule has 0 radical (unpaired) electrons. The van der Waals surface area contributed by atoms with E-state index in [9.17, 15) is 0 Å². The van der Waals surface area contributed by atoms with Gasteiger partial charge in [-0.3, -0.25) is 0 Å². The second-order valence-electron chi connectivity index (χ2n) is 3.69. The second-order valence-corrected chi connectivity index (χ2v) is 3.69. The molecule has 80 valence electrons. The van der Waals surface area contributed by atoms with Crippen molar-refractivity contribution in [3.8, 4) is 0 Å².